The Labute approximate surface area is 167 Å². The first-order valence-electron chi connectivity index (χ1n) is 8.68. The summed E-state index contributed by atoms with van der Waals surface area (Å²) >= 11 is 0. The van der Waals surface area contributed by atoms with Crippen molar-refractivity contribution in [2.45, 2.75) is 6.92 Å². The molecule has 29 heavy (non-hydrogen) atoms. The third-order valence-corrected chi connectivity index (χ3v) is 4.39. The van der Waals surface area contributed by atoms with Crippen LogP contribution in [0.3, 0.4) is 0 Å². The molecule has 2 aromatic carbocycles. The molecule has 152 valence electrons. The third kappa shape index (κ3) is 3.82. The van der Waals surface area contributed by atoms with E-state index in [-0.39, 0.29) is 18.1 Å². The van der Waals surface area contributed by atoms with Crippen molar-refractivity contribution >= 4 is 17.8 Å². The van der Waals surface area contributed by atoms with Gasteiger partial charge in [0.25, 0.3) is 5.91 Å². The number of amides is 1. The Balaban J connectivity index is 1.97. The van der Waals surface area contributed by atoms with Crippen molar-refractivity contribution in [3.8, 4) is 28.7 Å². The van der Waals surface area contributed by atoms with Gasteiger partial charge in [0.1, 0.15) is 11.5 Å². The number of benzene rings is 2. The van der Waals surface area contributed by atoms with Crippen LogP contribution in [0.4, 0.5) is 0 Å². The normalized spacial score (nSPS) is 13.7. The fourth-order valence-corrected chi connectivity index (χ4v) is 3.01. The Kier molecular flexibility index (Phi) is 5.63. The second kappa shape index (κ2) is 8.14. The van der Waals surface area contributed by atoms with E-state index in [1.54, 1.807) is 37.3 Å². The van der Waals surface area contributed by atoms with Crippen LogP contribution in [0.15, 0.2) is 30.0 Å². The van der Waals surface area contributed by atoms with Crippen LogP contribution in [0, 0.1) is 6.92 Å². The molecule has 8 nitrogen and oxygen atoms in total. The van der Waals surface area contributed by atoms with Crippen LogP contribution in [-0.2, 0) is 4.79 Å². The molecule has 0 aromatic heterocycles. The first kappa shape index (κ1) is 20.1. The van der Waals surface area contributed by atoms with Crippen molar-refractivity contribution in [2.24, 2.45) is 5.73 Å². The zero-order chi connectivity index (χ0) is 21.1. The monoisotopic (exact) mass is 399 g/mol. The van der Waals surface area contributed by atoms with Crippen LogP contribution in [0.2, 0.25) is 0 Å². The van der Waals surface area contributed by atoms with Gasteiger partial charge in [-0.05, 0) is 42.8 Å². The number of allylic oxidation sites excluding steroid dienone is 1. The van der Waals surface area contributed by atoms with Crippen LogP contribution >= 0.6 is 0 Å². The molecule has 0 saturated carbocycles. The predicted molar refractivity (Wildman–Crippen MR) is 105 cm³/mol. The lowest BCUT2D eigenvalue weighted by Crippen LogP contribution is -2.20. The second-order valence-corrected chi connectivity index (χ2v) is 6.22. The molecule has 0 saturated heterocycles. The largest absolute Gasteiger partial charge is 0.493 e. The molecule has 1 aliphatic heterocycles. The van der Waals surface area contributed by atoms with Gasteiger partial charge in [-0.3, -0.25) is 9.59 Å². The van der Waals surface area contributed by atoms with E-state index in [9.17, 15) is 9.59 Å². The summed E-state index contributed by atoms with van der Waals surface area (Å²) in [4.78, 5) is 23.7. The maximum atomic E-state index is 12.8. The Morgan fingerprint density at radius 2 is 1.72 bits per heavy atom. The summed E-state index contributed by atoms with van der Waals surface area (Å²) in [7, 11) is 4.54. The number of ether oxygens (including phenoxy) is 5. The number of Topliss-reactive ketones (excluding diaryl/α,β-unsaturated/α-hetero) is 1. The minimum Gasteiger partial charge on any atom is -0.493 e. The smallest absolute Gasteiger partial charge is 0.255 e. The van der Waals surface area contributed by atoms with E-state index in [2.05, 4.69) is 0 Å². The minimum atomic E-state index is -0.593. The number of nitrogens with two attached hydrogens (primary N) is 1. The number of methoxy groups -OCH3 is 3. The van der Waals surface area contributed by atoms with Crippen molar-refractivity contribution < 1.29 is 33.3 Å². The van der Waals surface area contributed by atoms with Crippen molar-refractivity contribution in [1.29, 1.82) is 0 Å². The van der Waals surface area contributed by atoms with E-state index in [1.807, 2.05) is 0 Å². The van der Waals surface area contributed by atoms with Gasteiger partial charge in [-0.1, -0.05) is 0 Å². The molecule has 0 radical (unpaired) electrons. The van der Waals surface area contributed by atoms with Crippen LogP contribution < -0.4 is 29.4 Å². The summed E-state index contributed by atoms with van der Waals surface area (Å²) in [6.07, 6.45) is 1.59. The average Bonchev–Trinajstić information content (AvgIpc) is 3.02. The van der Waals surface area contributed by atoms with Crippen LogP contribution in [-0.4, -0.2) is 39.6 Å². The Morgan fingerprint density at radius 3 is 2.28 bits per heavy atom. The van der Waals surface area contributed by atoms with Gasteiger partial charge in [-0.25, -0.2) is 0 Å². The Hall–Kier alpha value is -3.68. The van der Waals surface area contributed by atoms with Crippen LogP contribution in [0.1, 0.15) is 21.5 Å². The number of hydrogen-bond donors (Lipinski definition) is 1. The van der Waals surface area contributed by atoms with Crippen molar-refractivity contribution in [3.63, 3.8) is 0 Å². The van der Waals surface area contributed by atoms with E-state index in [4.69, 9.17) is 29.4 Å². The average molecular weight is 399 g/mol. The van der Waals surface area contributed by atoms with Crippen molar-refractivity contribution in [3.05, 3.63) is 46.7 Å². The standard InChI is InChI=1S/C21H21NO7/c1-11-14(28-10-18(22)23)6-5-13-19(24)15(29-20(11)13)7-12-8-16(25-2)21(27-4)17(9-12)26-3/h5-9H,10H2,1-4H3,(H2,22,23)/b15-7-. The predicted octanol–water partition coefficient (Wildman–Crippen LogP) is 2.50. The SMILES string of the molecule is COc1cc(/C=C2\Oc3c(ccc(OCC(N)=O)c3C)C2=O)cc(OC)c1OC. The number of carbonyl (C=O) groups excluding carboxylic acids is 2. The molecular formula is C21H21NO7. The Bertz CT molecular complexity index is 985. The lowest BCUT2D eigenvalue weighted by Gasteiger charge is -2.13. The molecule has 1 amide bonds. The summed E-state index contributed by atoms with van der Waals surface area (Å²) in [6.45, 7) is 1.48. The van der Waals surface area contributed by atoms with Gasteiger partial charge in [0, 0.05) is 5.56 Å². The molecule has 0 aliphatic carbocycles. The quantitative estimate of drug-likeness (QED) is 0.713. The molecule has 0 atom stereocenters. The zero-order valence-electron chi connectivity index (χ0n) is 16.5. The molecule has 0 unspecified atom stereocenters. The van der Waals surface area contributed by atoms with Crippen molar-refractivity contribution in [1.82, 2.24) is 0 Å². The minimum absolute atomic E-state index is 0.143. The highest BCUT2D eigenvalue weighted by Crippen LogP contribution is 2.41. The summed E-state index contributed by atoms with van der Waals surface area (Å²) in [6, 6.07) is 6.63. The van der Waals surface area contributed by atoms with Crippen LogP contribution in [0.25, 0.3) is 6.08 Å². The molecule has 8 heteroatoms. The molecule has 2 N–H and O–H groups in total. The maximum Gasteiger partial charge on any atom is 0.255 e. The summed E-state index contributed by atoms with van der Waals surface area (Å²) in [5, 5.41) is 0. The van der Waals surface area contributed by atoms with E-state index >= 15 is 0 Å². The number of rotatable bonds is 7. The number of ketones is 1. The lowest BCUT2D eigenvalue weighted by atomic mass is 10.1. The van der Waals surface area contributed by atoms with Gasteiger partial charge in [0.15, 0.2) is 23.9 Å². The molecule has 2 aromatic rings. The number of carbonyl (C=O) groups is 2. The number of hydrogen-bond acceptors (Lipinski definition) is 7. The Morgan fingerprint density at radius 1 is 1.07 bits per heavy atom. The van der Waals surface area contributed by atoms with Gasteiger partial charge in [0.05, 0.1) is 26.9 Å². The highest BCUT2D eigenvalue weighted by Gasteiger charge is 2.30. The highest BCUT2D eigenvalue weighted by atomic mass is 16.5. The zero-order valence-corrected chi connectivity index (χ0v) is 16.5. The van der Waals surface area contributed by atoms with Gasteiger partial charge < -0.3 is 29.4 Å². The molecule has 3 rings (SSSR count). The summed E-state index contributed by atoms with van der Waals surface area (Å²) < 4.78 is 27.2. The molecule has 0 fully saturated rings. The van der Waals surface area contributed by atoms with Crippen molar-refractivity contribution in [2.75, 3.05) is 27.9 Å². The molecule has 1 aliphatic rings. The van der Waals surface area contributed by atoms with Crippen LogP contribution in [0.5, 0.6) is 28.7 Å². The maximum absolute atomic E-state index is 12.8. The van der Waals surface area contributed by atoms with E-state index in [0.717, 1.165) is 0 Å². The first-order valence-corrected chi connectivity index (χ1v) is 8.68. The second-order valence-electron chi connectivity index (χ2n) is 6.22. The lowest BCUT2D eigenvalue weighted by molar-refractivity contribution is -0.119. The topological polar surface area (TPSA) is 106 Å². The molecule has 0 bridgehead atoms. The molecule has 0 spiro atoms. The number of primary amides is 1. The van der Waals surface area contributed by atoms with Gasteiger partial charge in [-0.15, -0.1) is 0 Å². The first-order chi connectivity index (χ1) is 13.9. The summed E-state index contributed by atoms with van der Waals surface area (Å²) in [5.74, 6) is 1.46. The van der Waals surface area contributed by atoms with E-state index in [1.165, 1.54) is 21.3 Å². The highest BCUT2D eigenvalue weighted by molar-refractivity contribution is 6.15. The molecular weight excluding hydrogens is 378 g/mol. The van der Waals surface area contributed by atoms with Gasteiger partial charge >= 0.3 is 0 Å². The third-order valence-electron chi connectivity index (χ3n) is 4.39. The fraction of sp³-hybridized carbons (Fsp3) is 0.238. The van der Waals surface area contributed by atoms with E-state index < -0.39 is 5.91 Å². The van der Waals surface area contributed by atoms with E-state index in [0.29, 0.717) is 45.4 Å². The summed E-state index contributed by atoms with van der Waals surface area (Å²) in [5.41, 5.74) is 6.76. The fourth-order valence-electron chi connectivity index (χ4n) is 3.01. The number of fused-ring (bicyclic) bond motifs is 1. The van der Waals surface area contributed by atoms with Gasteiger partial charge in [0.2, 0.25) is 11.5 Å². The molecule has 1 heterocycles. The van der Waals surface area contributed by atoms with Gasteiger partial charge in [-0.2, -0.15) is 0 Å².